The van der Waals surface area contributed by atoms with E-state index in [1.807, 2.05) is 0 Å². The molecule has 0 amide bonds. The van der Waals surface area contributed by atoms with Gasteiger partial charge in [0, 0.05) is 0 Å². The molecule has 1 heterocycles. The lowest BCUT2D eigenvalue weighted by molar-refractivity contribution is -0.141. The molecule has 0 radical (unpaired) electrons. The van der Waals surface area contributed by atoms with E-state index >= 15 is 0 Å². The maximum absolute atomic E-state index is 13.7. The van der Waals surface area contributed by atoms with Gasteiger partial charge in [0.15, 0.2) is 11.6 Å². The van der Waals surface area contributed by atoms with E-state index in [1.165, 1.54) is 17.7 Å². The highest BCUT2D eigenvalue weighted by Crippen LogP contribution is 2.22. The van der Waals surface area contributed by atoms with E-state index in [1.54, 1.807) is 0 Å². The molecule has 0 atom stereocenters. The van der Waals surface area contributed by atoms with E-state index in [2.05, 4.69) is 9.72 Å². The van der Waals surface area contributed by atoms with Crippen molar-refractivity contribution in [3.05, 3.63) is 29.6 Å². The number of imidazole rings is 1. The molecule has 0 bridgehead atoms. The van der Waals surface area contributed by atoms with Crippen molar-refractivity contribution in [1.82, 2.24) is 9.55 Å². The van der Waals surface area contributed by atoms with Crippen molar-refractivity contribution in [2.24, 2.45) is 0 Å². The van der Waals surface area contributed by atoms with Gasteiger partial charge in [0.1, 0.15) is 17.9 Å². The van der Waals surface area contributed by atoms with Gasteiger partial charge in [-0.05, 0) is 12.1 Å². The zero-order valence-electron chi connectivity index (χ0n) is 9.41. The molecule has 0 spiro atoms. The van der Waals surface area contributed by atoms with Crippen LogP contribution in [0.4, 0.5) is 8.78 Å². The van der Waals surface area contributed by atoms with Crippen LogP contribution in [-0.4, -0.2) is 22.6 Å². The second-order valence-corrected chi connectivity index (χ2v) is 3.82. The van der Waals surface area contributed by atoms with Crippen molar-refractivity contribution in [3.63, 3.8) is 0 Å². The fourth-order valence-corrected chi connectivity index (χ4v) is 1.88. The van der Waals surface area contributed by atoms with Crippen LogP contribution in [0.15, 0.2) is 12.1 Å². The number of aromatic nitrogens is 2. The van der Waals surface area contributed by atoms with Crippen LogP contribution in [0, 0.1) is 11.6 Å². The average molecular weight is 275 g/mol. The minimum absolute atomic E-state index is 0.0211. The molecular weight excluding hydrogens is 266 g/mol. The molecule has 2 rings (SSSR count). The second-order valence-electron chi connectivity index (χ2n) is 3.55. The number of hydrogen-bond donors (Lipinski definition) is 0. The SMILES string of the molecule is COC(=O)Cn1c(CCl)nc2ccc(F)c(F)c21. The minimum Gasteiger partial charge on any atom is -0.468 e. The van der Waals surface area contributed by atoms with Gasteiger partial charge in [-0.1, -0.05) is 0 Å². The molecule has 2 aromatic rings. The summed E-state index contributed by atoms with van der Waals surface area (Å²) in [6, 6.07) is 2.31. The number of methoxy groups -OCH3 is 1. The largest absolute Gasteiger partial charge is 0.468 e. The van der Waals surface area contributed by atoms with E-state index < -0.39 is 17.6 Å². The Morgan fingerprint density at radius 3 is 2.83 bits per heavy atom. The summed E-state index contributed by atoms with van der Waals surface area (Å²) in [7, 11) is 1.21. The summed E-state index contributed by atoms with van der Waals surface area (Å²) in [4.78, 5) is 15.3. The van der Waals surface area contributed by atoms with Crippen molar-refractivity contribution < 1.29 is 18.3 Å². The zero-order chi connectivity index (χ0) is 13.3. The predicted octanol–water partition coefficient (Wildman–Crippen LogP) is 2.23. The summed E-state index contributed by atoms with van der Waals surface area (Å²) < 4.78 is 32.6. The first-order valence-electron chi connectivity index (χ1n) is 5.04. The molecule has 0 aliphatic carbocycles. The minimum atomic E-state index is -1.06. The van der Waals surface area contributed by atoms with Crippen LogP contribution < -0.4 is 0 Å². The molecule has 1 aromatic carbocycles. The normalized spacial score (nSPS) is 10.9. The summed E-state index contributed by atoms with van der Waals surface area (Å²) in [5, 5.41) is 0. The van der Waals surface area contributed by atoms with Crippen molar-refractivity contribution in [2.45, 2.75) is 12.4 Å². The molecule has 1 aromatic heterocycles. The Bertz CT molecular complexity index is 613. The number of halogens is 3. The Hall–Kier alpha value is -1.69. The number of fused-ring (bicyclic) bond motifs is 1. The molecule has 0 aliphatic heterocycles. The van der Waals surface area contributed by atoms with Crippen LogP contribution in [0.1, 0.15) is 5.82 Å². The monoisotopic (exact) mass is 274 g/mol. The van der Waals surface area contributed by atoms with Crippen molar-refractivity contribution in [1.29, 1.82) is 0 Å². The molecule has 96 valence electrons. The molecule has 0 fully saturated rings. The van der Waals surface area contributed by atoms with Gasteiger partial charge in [0.05, 0.1) is 18.5 Å². The Morgan fingerprint density at radius 1 is 1.50 bits per heavy atom. The van der Waals surface area contributed by atoms with Crippen molar-refractivity contribution >= 4 is 28.6 Å². The molecule has 0 saturated carbocycles. The van der Waals surface area contributed by atoms with E-state index in [4.69, 9.17) is 11.6 Å². The van der Waals surface area contributed by atoms with Gasteiger partial charge in [-0.25, -0.2) is 13.8 Å². The molecular formula is C11H9ClF2N2O2. The van der Waals surface area contributed by atoms with Gasteiger partial charge in [-0.15, -0.1) is 11.6 Å². The molecule has 18 heavy (non-hydrogen) atoms. The van der Waals surface area contributed by atoms with E-state index in [0.29, 0.717) is 0 Å². The summed E-state index contributed by atoms with van der Waals surface area (Å²) in [5.74, 6) is -2.40. The van der Waals surface area contributed by atoms with Gasteiger partial charge in [-0.2, -0.15) is 0 Å². The smallest absolute Gasteiger partial charge is 0.325 e. The second kappa shape index (κ2) is 4.89. The van der Waals surface area contributed by atoms with E-state index in [9.17, 15) is 13.6 Å². The third-order valence-electron chi connectivity index (χ3n) is 2.51. The van der Waals surface area contributed by atoms with Crippen LogP contribution in [-0.2, 0) is 22.0 Å². The molecule has 0 saturated heterocycles. The third kappa shape index (κ3) is 2.03. The maximum Gasteiger partial charge on any atom is 0.325 e. The Labute approximate surface area is 106 Å². The summed E-state index contributed by atoms with van der Waals surface area (Å²) >= 11 is 5.67. The van der Waals surface area contributed by atoms with E-state index in [-0.39, 0.29) is 29.3 Å². The fraction of sp³-hybridized carbons (Fsp3) is 0.273. The summed E-state index contributed by atoms with van der Waals surface area (Å²) in [5.41, 5.74) is 0.157. The maximum atomic E-state index is 13.7. The topological polar surface area (TPSA) is 44.1 Å². The van der Waals surface area contributed by atoms with Crippen LogP contribution >= 0.6 is 11.6 Å². The number of carbonyl (C=O) groups excluding carboxylic acids is 1. The van der Waals surface area contributed by atoms with Crippen LogP contribution in [0.5, 0.6) is 0 Å². The van der Waals surface area contributed by atoms with E-state index in [0.717, 1.165) is 6.07 Å². The lowest BCUT2D eigenvalue weighted by Crippen LogP contribution is -2.14. The van der Waals surface area contributed by atoms with Gasteiger partial charge in [-0.3, -0.25) is 4.79 Å². The van der Waals surface area contributed by atoms with Gasteiger partial charge < -0.3 is 9.30 Å². The Kier molecular flexibility index (Phi) is 3.47. The third-order valence-corrected chi connectivity index (χ3v) is 2.75. The number of carbonyl (C=O) groups is 1. The Morgan fingerprint density at radius 2 is 2.22 bits per heavy atom. The molecule has 0 aliphatic rings. The number of esters is 1. The average Bonchev–Trinajstić information content (AvgIpc) is 2.72. The lowest BCUT2D eigenvalue weighted by atomic mass is 10.3. The van der Waals surface area contributed by atoms with Gasteiger partial charge in [0.2, 0.25) is 0 Å². The summed E-state index contributed by atoms with van der Waals surface area (Å²) in [6.07, 6.45) is 0. The number of benzene rings is 1. The lowest BCUT2D eigenvalue weighted by Gasteiger charge is -2.06. The summed E-state index contributed by atoms with van der Waals surface area (Å²) in [6.45, 7) is -0.268. The number of rotatable bonds is 3. The molecule has 4 nitrogen and oxygen atoms in total. The van der Waals surface area contributed by atoms with Crippen molar-refractivity contribution in [2.75, 3.05) is 7.11 Å². The Balaban J connectivity index is 2.67. The number of nitrogens with zero attached hydrogens (tertiary/aromatic N) is 2. The van der Waals surface area contributed by atoms with Crippen LogP contribution in [0.2, 0.25) is 0 Å². The fourth-order valence-electron chi connectivity index (χ4n) is 1.67. The molecule has 0 N–H and O–H groups in total. The first-order valence-corrected chi connectivity index (χ1v) is 5.57. The van der Waals surface area contributed by atoms with Gasteiger partial charge >= 0.3 is 5.97 Å². The van der Waals surface area contributed by atoms with Crippen LogP contribution in [0.25, 0.3) is 11.0 Å². The molecule has 7 heteroatoms. The molecule has 0 unspecified atom stereocenters. The number of alkyl halides is 1. The quantitative estimate of drug-likeness (QED) is 0.637. The number of hydrogen-bond acceptors (Lipinski definition) is 3. The zero-order valence-corrected chi connectivity index (χ0v) is 10.2. The highest BCUT2D eigenvalue weighted by Gasteiger charge is 2.18. The first-order chi connectivity index (χ1) is 8.58. The van der Waals surface area contributed by atoms with Crippen LogP contribution in [0.3, 0.4) is 0 Å². The number of ether oxygens (including phenoxy) is 1. The predicted molar refractivity (Wildman–Crippen MR) is 61.2 cm³/mol. The van der Waals surface area contributed by atoms with Crippen molar-refractivity contribution in [3.8, 4) is 0 Å². The van der Waals surface area contributed by atoms with Gasteiger partial charge in [0.25, 0.3) is 0 Å². The standard InChI is InChI=1S/C11H9ClF2N2O2/c1-18-9(17)5-16-8(4-12)15-7-3-2-6(13)10(14)11(7)16/h2-3H,4-5H2,1H3. The first kappa shape index (κ1) is 12.8. The highest BCUT2D eigenvalue weighted by atomic mass is 35.5. The highest BCUT2D eigenvalue weighted by molar-refractivity contribution is 6.16.